The van der Waals surface area contributed by atoms with Crippen LogP contribution >= 0.6 is 0 Å². The highest BCUT2D eigenvalue weighted by Crippen LogP contribution is 2.23. The van der Waals surface area contributed by atoms with Crippen LogP contribution in [0.1, 0.15) is 22.6 Å². The topological polar surface area (TPSA) is 93.0 Å². The molecular weight excluding hydrogens is 256 g/mol. The van der Waals surface area contributed by atoms with Gasteiger partial charge in [0, 0.05) is 31.0 Å². The van der Waals surface area contributed by atoms with Gasteiger partial charge in [-0.2, -0.15) is 0 Å². The molecule has 0 radical (unpaired) electrons. The Hall–Kier alpha value is -2.50. The Labute approximate surface area is 117 Å². The molecule has 1 aromatic heterocycles. The minimum atomic E-state index is -0.223. The number of nitrogen functional groups attached to an aromatic ring is 1. The number of aromatic amines is 1. The Kier molecular flexibility index (Phi) is 4.60. The van der Waals surface area contributed by atoms with Gasteiger partial charge in [-0.25, -0.2) is 4.98 Å². The van der Waals surface area contributed by atoms with Gasteiger partial charge in [-0.05, 0) is 18.6 Å². The first-order valence-corrected chi connectivity index (χ1v) is 6.41. The summed E-state index contributed by atoms with van der Waals surface area (Å²) in [6.45, 7) is 0.553. The van der Waals surface area contributed by atoms with Gasteiger partial charge in [0.05, 0.1) is 7.11 Å². The molecule has 6 heteroatoms. The highest BCUT2D eigenvalue weighted by atomic mass is 16.5. The highest BCUT2D eigenvalue weighted by molar-refractivity contribution is 6.01. The van der Waals surface area contributed by atoms with E-state index in [0.717, 1.165) is 18.7 Å². The van der Waals surface area contributed by atoms with E-state index in [-0.39, 0.29) is 5.91 Å². The van der Waals surface area contributed by atoms with Crippen LogP contribution in [0, 0.1) is 0 Å². The third kappa shape index (κ3) is 3.28. The monoisotopic (exact) mass is 274 g/mol. The molecule has 1 aromatic carbocycles. The number of benzene rings is 1. The molecule has 0 saturated carbocycles. The molecule has 0 spiro atoms. The highest BCUT2D eigenvalue weighted by Gasteiger charge is 2.14. The number of nitrogens with one attached hydrogen (secondary N) is 2. The van der Waals surface area contributed by atoms with Crippen LogP contribution < -0.4 is 15.8 Å². The number of imidazole rings is 1. The summed E-state index contributed by atoms with van der Waals surface area (Å²) in [6, 6.07) is 5.15. The van der Waals surface area contributed by atoms with E-state index in [0.29, 0.717) is 23.5 Å². The maximum Gasteiger partial charge on any atom is 0.257 e. The smallest absolute Gasteiger partial charge is 0.257 e. The predicted octanol–water partition coefficient (Wildman–Crippen LogP) is 1.36. The molecule has 106 valence electrons. The van der Waals surface area contributed by atoms with Crippen molar-refractivity contribution in [3.63, 3.8) is 0 Å². The zero-order valence-corrected chi connectivity index (χ0v) is 11.3. The lowest BCUT2D eigenvalue weighted by Gasteiger charge is -2.11. The molecule has 20 heavy (non-hydrogen) atoms. The number of hydrogen-bond donors (Lipinski definition) is 3. The van der Waals surface area contributed by atoms with Gasteiger partial charge in [-0.3, -0.25) is 4.79 Å². The van der Waals surface area contributed by atoms with Crippen LogP contribution in [0.3, 0.4) is 0 Å². The molecule has 1 heterocycles. The van der Waals surface area contributed by atoms with Crippen LogP contribution in [0.2, 0.25) is 0 Å². The van der Waals surface area contributed by atoms with Gasteiger partial charge >= 0.3 is 0 Å². The molecule has 6 nitrogen and oxygen atoms in total. The number of carbonyl (C=O) groups is 1. The van der Waals surface area contributed by atoms with Crippen LogP contribution in [0.15, 0.2) is 30.6 Å². The molecule has 0 aliphatic heterocycles. The van der Waals surface area contributed by atoms with Crippen molar-refractivity contribution in [2.45, 2.75) is 12.8 Å². The second-order valence-electron chi connectivity index (χ2n) is 4.32. The molecule has 0 atom stereocenters. The Morgan fingerprint density at radius 1 is 1.50 bits per heavy atom. The maximum atomic E-state index is 12.1. The quantitative estimate of drug-likeness (QED) is 0.548. The Morgan fingerprint density at radius 2 is 2.35 bits per heavy atom. The minimum Gasteiger partial charge on any atom is -0.496 e. The number of H-pyrrole nitrogens is 1. The summed E-state index contributed by atoms with van der Waals surface area (Å²) in [4.78, 5) is 19.3. The first-order valence-electron chi connectivity index (χ1n) is 6.41. The van der Waals surface area contributed by atoms with Gasteiger partial charge in [0.25, 0.3) is 5.91 Å². The molecule has 0 aliphatic rings. The van der Waals surface area contributed by atoms with Crippen molar-refractivity contribution in [1.82, 2.24) is 15.3 Å². The lowest BCUT2D eigenvalue weighted by Crippen LogP contribution is -2.26. The van der Waals surface area contributed by atoms with Crippen LogP contribution in [0.4, 0.5) is 5.69 Å². The van der Waals surface area contributed by atoms with E-state index in [2.05, 4.69) is 15.3 Å². The van der Waals surface area contributed by atoms with Crippen molar-refractivity contribution in [1.29, 1.82) is 0 Å². The van der Waals surface area contributed by atoms with Crippen molar-refractivity contribution < 1.29 is 9.53 Å². The molecule has 1 amide bonds. The number of nitrogens with two attached hydrogens (primary N) is 1. The third-order valence-corrected chi connectivity index (χ3v) is 2.94. The summed E-state index contributed by atoms with van der Waals surface area (Å²) in [7, 11) is 1.52. The largest absolute Gasteiger partial charge is 0.496 e. The Morgan fingerprint density at radius 3 is 3.05 bits per heavy atom. The summed E-state index contributed by atoms with van der Waals surface area (Å²) >= 11 is 0. The first kappa shape index (κ1) is 13.9. The van der Waals surface area contributed by atoms with Crippen LogP contribution in [-0.2, 0) is 6.42 Å². The molecule has 2 rings (SSSR count). The van der Waals surface area contributed by atoms with Gasteiger partial charge in [0.1, 0.15) is 17.1 Å². The fourth-order valence-electron chi connectivity index (χ4n) is 1.94. The van der Waals surface area contributed by atoms with Gasteiger partial charge in [0.2, 0.25) is 0 Å². The SMILES string of the molecule is COc1cccc(N)c1C(=O)NCCCc1ncc[nH]1. The fraction of sp³-hybridized carbons (Fsp3) is 0.286. The molecule has 0 aliphatic carbocycles. The molecule has 0 saturated heterocycles. The summed E-state index contributed by atoms with van der Waals surface area (Å²) < 4.78 is 5.16. The maximum absolute atomic E-state index is 12.1. The van der Waals surface area contributed by atoms with E-state index < -0.39 is 0 Å². The molecular formula is C14H18N4O2. The summed E-state index contributed by atoms with van der Waals surface area (Å²) in [5.74, 6) is 1.17. The number of aromatic nitrogens is 2. The molecule has 4 N–H and O–H groups in total. The van der Waals surface area contributed by atoms with Gasteiger partial charge < -0.3 is 20.8 Å². The standard InChI is InChI=1S/C14H18N4O2/c1-20-11-5-2-4-10(15)13(11)14(19)18-7-3-6-12-16-8-9-17-12/h2,4-5,8-9H,3,6-7,15H2,1H3,(H,16,17)(H,18,19). The first-order chi connectivity index (χ1) is 9.72. The van der Waals surface area contributed by atoms with E-state index in [4.69, 9.17) is 10.5 Å². The minimum absolute atomic E-state index is 0.223. The average Bonchev–Trinajstić information content (AvgIpc) is 2.96. The normalized spacial score (nSPS) is 10.2. The Balaban J connectivity index is 1.89. The summed E-state index contributed by atoms with van der Waals surface area (Å²) in [5.41, 5.74) is 6.62. The van der Waals surface area contributed by atoms with Gasteiger partial charge in [0.15, 0.2) is 0 Å². The molecule has 2 aromatic rings. The van der Waals surface area contributed by atoms with Crippen LogP contribution in [0.5, 0.6) is 5.75 Å². The number of methoxy groups -OCH3 is 1. The van der Waals surface area contributed by atoms with Gasteiger partial charge in [-0.1, -0.05) is 6.07 Å². The zero-order chi connectivity index (χ0) is 14.4. The third-order valence-electron chi connectivity index (χ3n) is 2.94. The summed E-state index contributed by atoms with van der Waals surface area (Å²) in [5, 5.41) is 2.84. The van der Waals surface area contributed by atoms with Crippen molar-refractivity contribution in [2.24, 2.45) is 0 Å². The van der Waals surface area contributed by atoms with Crippen molar-refractivity contribution in [2.75, 3.05) is 19.4 Å². The molecule has 0 unspecified atom stereocenters. The lowest BCUT2D eigenvalue weighted by molar-refractivity contribution is 0.0951. The zero-order valence-electron chi connectivity index (χ0n) is 11.3. The number of anilines is 1. The summed E-state index contributed by atoms with van der Waals surface area (Å²) in [6.07, 6.45) is 5.08. The number of carbonyl (C=O) groups excluding carboxylic acids is 1. The van der Waals surface area contributed by atoms with E-state index in [1.807, 2.05) is 0 Å². The number of nitrogens with zero attached hydrogens (tertiary/aromatic N) is 1. The number of amides is 1. The number of aryl methyl sites for hydroxylation is 1. The predicted molar refractivity (Wildman–Crippen MR) is 76.6 cm³/mol. The van der Waals surface area contributed by atoms with Crippen molar-refractivity contribution >= 4 is 11.6 Å². The second-order valence-corrected chi connectivity index (χ2v) is 4.32. The van der Waals surface area contributed by atoms with Crippen molar-refractivity contribution in [3.05, 3.63) is 42.0 Å². The van der Waals surface area contributed by atoms with E-state index in [9.17, 15) is 4.79 Å². The second kappa shape index (κ2) is 6.60. The number of ether oxygens (including phenoxy) is 1. The lowest BCUT2D eigenvalue weighted by atomic mass is 10.1. The molecule has 0 fully saturated rings. The molecule has 0 bridgehead atoms. The van der Waals surface area contributed by atoms with E-state index in [1.165, 1.54) is 7.11 Å². The van der Waals surface area contributed by atoms with Gasteiger partial charge in [-0.15, -0.1) is 0 Å². The van der Waals surface area contributed by atoms with E-state index in [1.54, 1.807) is 30.6 Å². The number of rotatable bonds is 6. The number of hydrogen-bond acceptors (Lipinski definition) is 4. The van der Waals surface area contributed by atoms with Crippen molar-refractivity contribution in [3.8, 4) is 5.75 Å². The van der Waals surface area contributed by atoms with Crippen LogP contribution in [0.25, 0.3) is 0 Å². The average molecular weight is 274 g/mol. The van der Waals surface area contributed by atoms with Crippen LogP contribution in [-0.4, -0.2) is 29.5 Å². The fourth-order valence-corrected chi connectivity index (χ4v) is 1.94. The van der Waals surface area contributed by atoms with E-state index >= 15 is 0 Å². The Bertz CT molecular complexity index is 567.